The van der Waals surface area contributed by atoms with Gasteiger partial charge in [0.25, 0.3) is 5.91 Å². The fourth-order valence-electron chi connectivity index (χ4n) is 2.50. The van der Waals surface area contributed by atoms with Gasteiger partial charge in [-0.05, 0) is 23.8 Å². The van der Waals surface area contributed by atoms with E-state index in [0.717, 1.165) is 17.5 Å². The molecule has 2 amide bonds. The van der Waals surface area contributed by atoms with Crippen molar-refractivity contribution in [2.45, 2.75) is 12.8 Å². The van der Waals surface area contributed by atoms with Crippen LogP contribution in [0.15, 0.2) is 41.7 Å². The van der Waals surface area contributed by atoms with Crippen molar-refractivity contribution in [1.29, 1.82) is 0 Å². The predicted molar refractivity (Wildman–Crippen MR) is 106 cm³/mol. The van der Waals surface area contributed by atoms with E-state index in [1.165, 1.54) is 17.0 Å². The third-order valence-electron chi connectivity index (χ3n) is 3.85. The summed E-state index contributed by atoms with van der Waals surface area (Å²) >= 11 is 6.39. The van der Waals surface area contributed by atoms with Crippen LogP contribution in [-0.2, 0) is 16.0 Å². The van der Waals surface area contributed by atoms with E-state index >= 15 is 0 Å². The first-order chi connectivity index (χ1) is 13.0. The van der Waals surface area contributed by atoms with Crippen LogP contribution in [0.3, 0.4) is 0 Å². The highest BCUT2D eigenvalue weighted by molar-refractivity contribution is 8.26. The molecule has 1 aromatic heterocycles. The Bertz CT molecular complexity index is 883. The van der Waals surface area contributed by atoms with Crippen molar-refractivity contribution in [3.63, 3.8) is 0 Å². The molecule has 9 heteroatoms. The molecule has 2 heterocycles. The van der Waals surface area contributed by atoms with Crippen LogP contribution in [0.25, 0.3) is 6.08 Å². The molecule has 0 spiro atoms. The number of amides is 2. The van der Waals surface area contributed by atoms with E-state index in [4.69, 9.17) is 12.2 Å². The first-order valence-corrected chi connectivity index (χ1v) is 9.50. The van der Waals surface area contributed by atoms with E-state index in [0.29, 0.717) is 27.8 Å². The fourth-order valence-corrected chi connectivity index (χ4v) is 3.81. The molecule has 6 nitrogen and oxygen atoms in total. The topological polar surface area (TPSA) is 78.1 Å². The summed E-state index contributed by atoms with van der Waals surface area (Å²) in [7, 11) is 0. The number of H-pyrrole nitrogens is 1. The number of nitrogens with zero attached hydrogens (tertiary/aromatic N) is 2. The van der Waals surface area contributed by atoms with Crippen molar-refractivity contribution in [2.24, 2.45) is 0 Å². The lowest BCUT2D eigenvalue weighted by atomic mass is 10.2. The van der Waals surface area contributed by atoms with Crippen LogP contribution in [0.4, 0.5) is 4.39 Å². The van der Waals surface area contributed by atoms with Gasteiger partial charge in [0.15, 0.2) is 0 Å². The summed E-state index contributed by atoms with van der Waals surface area (Å²) in [5.41, 5.74) is 1.53. The molecule has 1 fully saturated rings. The Kier molecular flexibility index (Phi) is 6.36. The van der Waals surface area contributed by atoms with Crippen LogP contribution in [0.2, 0.25) is 0 Å². The minimum absolute atomic E-state index is 0.155. The molecule has 0 bridgehead atoms. The first-order valence-electron chi connectivity index (χ1n) is 8.28. The number of carbonyl (C=O) groups is 2. The lowest BCUT2D eigenvalue weighted by Crippen LogP contribution is -2.34. The molecule has 1 aromatic carbocycles. The number of thiocarbonyl (C=S) groups is 1. The van der Waals surface area contributed by atoms with Crippen LogP contribution in [0.1, 0.15) is 17.7 Å². The van der Waals surface area contributed by atoms with Gasteiger partial charge in [-0.1, -0.05) is 36.1 Å². The van der Waals surface area contributed by atoms with Crippen molar-refractivity contribution in [3.8, 4) is 0 Å². The van der Waals surface area contributed by atoms with Crippen molar-refractivity contribution < 1.29 is 14.0 Å². The molecule has 1 aliphatic rings. The maximum absolute atomic E-state index is 13.3. The van der Waals surface area contributed by atoms with Gasteiger partial charge in [0.05, 0.1) is 11.2 Å². The van der Waals surface area contributed by atoms with E-state index < -0.39 is 0 Å². The Labute approximate surface area is 165 Å². The zero-order chi connectivity index (χ0) is 19.2. The Hall–Kier alpha value is -2.52. The highest BCUT2D eigenvalue weighted by Crippen LogP contribution is 2.32. The van der Waals surface area contributed by atoms with Crippen LogP contribution >= 0.6 is 24.0 Å². The Morgan fingerprint density at radius 2 is 2.30 bits per heavy atom. The number of thioether (sulfide) groups is 1. The number of aromatic nitrogens is 2. The number of imidazole rings is 1. The normalized spacial score (nSPS) is 15.6. The highest BCUT2D eigenvalue weighted by Gasteiger charge is 2.32. The monoisotopic (exact) mass is 404 g/mol. The van der Waals surface area contributed by atoms with E-state index in [-0.39, 0.29) is 30.6 Å². The number of carbonyl (C=O) groups excluding carboxylic acids is 2. The summed E-state index contributed by atoms with van der Waals surface area (Å²) in [6.45, 7) is 0.694. The minimum atomic E-state index is -0.369. The lowest BCUT2D eigenvalue weighted by molar-refractivity contribution is -0.123. The smallest absolute Gasteiger partial charge is 0.266 e. The predicted octanol–water partition coefficient (Wildman–Crippen LogP) is 2.50. The van der Waals surface area contributed by atoms with Gasteiger partial charge in [-0.25, -0.2) is 9.37 Å². The number of halogens is 1. The van der Waals surface area contributed by atoms with Gasteiger partial charge in [0.2, 0.25) is 5.91 Å². The van der Waals surface area contributed by atoms with Crippen molar-refractivity contribution in [3.05, 3.63) is 58.8 Å². The van der Waals surface area contributed by atoms with Gasteiger partial charge in [0, 0.05) is 37.8 Å². The van der Waals surface area contributed by atoms with Gasteiger partial charge in [-0.3, -0.25) is 14.5 Å². The quantitative estimate of drug-likeness (QED) is 0.548. The van der Waals surface area contributed by atoms with E-state index in [1.54, 1.807) is 30.7 Å². The van der Waals surface area contributed by atoms with Crippen LogP contribution in [0, 0.1) is 5.82 Å². The first kappa shape index (κ1) is 19.2. The molecule has 0 aliphatic carbocycles. The van der Waals surface area contributed by atoms with Gasteiger partial charge in [0.1, 0.15) is 10.1 Å². The molecular formula is C18H17FN4O2S2. The molecule has 2 N–H and O–H groups in total. The largest absolute Gasteiger partial charge is 0.356 e. The van der Waals surface area contributed by atoms with Gasteiger partial charge >= 0.3 is 0 Å². The molecule has 140 valence electrons. The van der Waals surface area contributed by atoms with E-state index in [2.05, 4.69) is 15.3 Å². The average molecular weight is 404 g/mol. The molecule has 1 saturated heterocycles. The number of rotatable bonds is 7. The van der Waals surface area contributed by atoms with E-state index in [9.17, 15) is 14.0 Å². The molecule has 27 heavy (non-hydrogen) atoms. The second kappa shape index (κ2) is 8.92. The average Bonchev–Trinajstić information content (AvgIpc) is 3.23. The molecular weight excluding hydrogens is 387 g/mol. The molecule has 0 atom stereocenters. The van der Waals surface area contributed by atoms with E-state index in [1.807, 2.05) is 0 Å². The summed E-state index contributed by atoms with van der Waals surface area (Å²) in [4.78, 5) is 33.2. The second-order valence-electron chi connectivity index (χ2n) is 5.82. The minimum Gasteiger partial charge on any atom is -0.356 e. The summed E-state index contributed by atoms with van der Waals surface area (Å²) in [5.74, 6) is -0.789. The molecule has 0 unspecified atom stereocenters. The molecule has 1 aliphatic heterocycles. The number of benzene rings is 1. The molecule has 0 radical (unpaired) electrons. The Balaban J connectivity index is 1.50. The van der Waals surface area contributed by atoms with Crippen molar-refractivity contribution in [1.82, 2.24) is 20.2 Å². The summed E-state index contributed by atoms with van der Waals surface area (Å²) in [6, 6.07) is 5.98. The van der Waals surface area contributed by atoms with Crippen LogP contribution < -0.4 is 5.32 Å². The van der Waals surface area contributed by atoms with Crippen LogP contribution in [0.5, 0.6) is 0 Å². The van der Waals surface area contributed by atoms with Crippen molar-refractivity contribution in [2.75, 3.05) is 13.1 Å². The van der Waals surface area contributed by atoms with Gasteiger partial charge < -0.3 is 10.3 Å². The SMILES string of the molecule is O=C(CCN1C(=O)C(=Cc2cccc(F)c2)SC1=S)NCCc1cnc[nH]1. The highest BCUT2D eigenvalue weighted by atomic mass is 32.2. The third-order valence-corrected chi connectivity index (χ3v) is 5.23. The standard InChI is InChI=1S/C18H17FN4O2S2/c19-13-3-1-2-12(8-13)9-15-17(25)23(18(26)27-15)7-5-16(24)21-6-4-14-10-20-11-22-14/h1-3,8-11H,4-7H2,(H,20,22)(H,21,24). The van der Waals surface area contributed by atoms with Crippen molar-refractivity contribution >= 4 is 46.2 Å². The Morgan fingerprint density at radius 3 is 3.04 bits per heavy atom. The zero-order valence-electron chi connectivity index (χ0n) is 14.3. The molecule has 2 aromatic rings. The molecule has 0 saturated carbocycles. The zero-order valence-corrected chi connectivity index (χ0v) is 15.9. The summed E-state index contributed by atoms with van der Waals surface area (Å²) < 4.78 is 13.7. The fraction of sp³-hybridized carbons (Fsp3) is 0.222. The number of nitrogens with one attached hydrogen (secondary N) is 2. The second-order valence-corrected chi connectivity index (χ2v) is 7.49. The van der Waals surface area contributed by atoms with Gasteiger partial charge in [-0.15, -0.1) is 0 Å². The summed E-state index contributed by atoms with van der Waals surface area (Å²) in [5, 5.41) is 2.80. The lowest BCUT2D eigenvalue weighted by Gasteiger charge is -2.14. The summed E-state index contributed by atoms with van der Waals surface area (Å²) in [6.07, 6.45) is 5.71. The Morgan fingerprint density at radius 1 is 1.44 bits per heavy atom. The number of hydrogen-bond donors (Lipinski definition) is 2. The maximum atomic E-state index is 13.3. The number of hydrogen-bond acceptors (Lipinski definition) is 5. The molecule has 3 rings (SSSR count). The van der Waals surface area contributed by atoms with Crippen LogP contribution in [-0.4, -0.2) is 44.1 Å². The number of aromatic amines is 1. The maximum Gasteiger partial charge on any atom is 0.266 e. The third kappa shape index (κ3) is 5.24. The van der Waals surface area contributed by atoms with Gasteiger partial charge in [-0.2, -0.15) is 0 Å².